The van der Waals surface area contributed by atoms with Crippen LogP contribution in [-0.4, -0.2) is 44.6 Å². The Bertz CT molecular complexity index is 1010. The van der Waals surface area contributed by atoms with Crippen molar-refractivity contribution in [3.05, 3.63) is 78.0 Å². The first kappa shape index (κ1) is 21.8. The molecule has 0 aromatic heterocycles. The zero-order chi connectivity index (χ0) is 21.6. The summed E-state index contributed by atoms with van der Waals surface area (Å²) in [5.41, 5.74) is 1.91. The van der Waals surface area contributed by atoms with Crippen molar-refractivity contribution in [1.82, 2.24) is 4.31 Å². The molecule has 3 rings (SSSR count). The normalized spacial score (nSPS) is 17.4. The highest BCUT2D eigenvalue weighted by molar-refractivity contribution is 7.89. The summed E-state index contributed by atoms with van der Waals surface area (Å²) in [5, 5.41) is 0. The fourth-order valence-corrected chi connectivity index (χ4v) is 4.63. The number of methoxy groups -OCH3 is 1. The SMILES string of the molecule is COC(=O)C(CCC1C=CN(S(=O)(=O)c2ccc(C)cc2)C1)N=Cc1ccccc1. The average molecular weight is 427 g/mol. The van der Waals surface area contributed by atoms with Crippen LogP contribution in [0.25, 0.3) is 0 Å². The molecule has 2 atom stereocenters. The van der Waals surface area contributed by atoms with Gasteiger partial charge in [0.1, 0.15) is 6.04 Å². The summed E-state index contributed by atoms with van der Waals surface area (Å²) < 4.78 is 31.9. The molecule has 2 unspecified atom stereocenters. The molecule has 0 bridgehead atoms. The second-order valence-electron chi connectivity index (χ2n) is 7.29. The molecule has 1 heterocycles. The Morgan fingerprint density at radius 2 is 1.90 bits per heavy atom. The van der Waals surface area contributed by atoms with E-state index in [4.69, 9.17) is 4.74 Å². The van der Waals surface area contributed by atoms with Gasteiger partial charge in [0.05, 0.1) is 12.0 Å². The van der Waals surface area contributed by atoms with Crippen LogP contribution in [0.15, 0.2) is 76.8 Å². The molecule has 2 aromatic rings. The minimum absolute atomic E-state index is 0.0179. The Morgan fingerprint density at radius 3 is 2.57 bits per heavy atom. The topological polar surface area (TPSA) is 76.0 Å². The van der Waals surface area contributed by atoms with Gasteiger partial charge in [-0.15, -0.1) is 0 Å². The van der Waals surface area contributed by atoms with E-state index < -0.39 is 22.0 Å². The Hall–Kier alpha value is -2.93. The molecule has 1 aliphatic heterocycles. The van der Waals surface area contributed by atoms with E-state index in [1.54, 1.807) is 36.7 Å². The van der Waals surface area contributed by atoms with Crippen LogP contribution in [0.5, 0.6) is 0 Å². The fourth-order valence-electron chi connectivity index (χ4n) is 3.26. The second-order valence-corrected chi connectivity index (χ2v) is 9.19. The first-order chi connectivity index (χ1) is 14.4. The molecule has 0 aliphatic carbocycles. The highest BCUT2D eigenvalue weighted by atomic mass is 32.2. The third-order valence-electron chi connectivity index (χ3n) is 5.05. The van der Waals surface area contributed by atoms with Crippen molar-refractivity contribution in [2.45, 2.75) is 30.7 Å². The van der Waals surface area contributed by atoms with Crippen LogP contribution in [0.4, 0.5) is 0 Å². The minimum atomic E-state index is -3.57. The molecular formula is C23H26N2O4S. The summed E-state index contributed by atoms with van der Waals surface area (Å²) in [5.74, 6) is -0.377. The van der Waals surface area contributed by atoms with Gasteiger partial charge in [0.15, 0.2) is 0 Å². The number of benzene rings is 2. The van der Waals surface area contributed by atoms with Gasteiger partial charge < -0.3 is 4.74 Å². The number of ether oxygens (including phenoxy) is 1. The lowest BCUT2D eigenvalue weighted by Gasteiger charge is -2.19. The second kappa shape index (κ2) is 9.71. The molecule has 0 radical (unpaired) electrons. The summed E-state index contributed by atoms with van der Waals surface area (Å²) in [4.78, 5) is 16.8. The Balaban J connectivity index is 1.61. The van der Waals surface area contributed by atoms with Crippen LogP contribution < -0.4 is 0 Å². The number of hydrogen-bond acceptors (Lipinski definition) is 5. The number of hydrogen-bond donors (Lipinski definition) is 0. The first-order valence-corrected chi connectivity index (χ1v) is 11.3. The highest BCUT2D eigenvalue weighted by Gasteiger charge is 2.28. The van der Waals surface area contributed by atoms with E-state index in [1.165, 1.54) is 11.4 Å². The van der Waals surface area contributed by atoms with E-state index in [0.717, 1.165) is 11.1 Å². The molecule has 6 nitrogen and oxygen atoms in total. The monoisotopic (exact) mass is 426 g/mol. The zero-order valence-electron chi connectivity index (χ0n) is 17.1. The maximum atomic E-state index is 12.8. The van der Waals surface area contributed by atoms with Crippen molar-refractivity contribution in [2.24, 2.45) is 10.9 Å². The summed E-state index contributed by atoms with van der Waals surface area (Å²) >= 11 is 0. The average Bonchev–Trinajstić information content (AvgIpc) is 3.24. The summed E-state index contributed by atoms with van der Waals surface area (Å²) in [7, 11) is -2.22. The van der Waals surface area contributed by atoms with Crippen molar-refractivity contribution in [2.75, 3.05) is 13.7 Å². The predicted octanol–water partition coefficient (Wildman–Crippen LogP) is 3.57. The maximum Gasteiger partial charge on any atom is 0.330 e. The molecule has 7 heteroatoms. The molecule has 0 saturated carbocycles. The summed E-state index contributed by atoms with van der Waals surface area (Å²) in [6.45, 7) is 2.27. The first-order valence-electron chi connectivity index (χ1n) is 9.83. The maximum absolute atomic E-state index is 12.8. The van der Waals surface area contributed by atoms with Gasteiger partial charge in [-0.05, 0) is 43.4 Å². The number of esters is 1. The molecule has 0 spiro atoms. The molecule has 0 amide bonds. The van der Waals surface area contributed by atoms with Crippen molar-refractivity contribution < 1.29 is 17.9 Å². The lowest BCUT2D eigenvalue weighted by molar-refractivity contribution is -0.142. The minimum Gasteiger partial charge on any atom is -0.467 e. The quantitative estimate of drug-likeness (QED) is 0.478. The molecule has 0 fully saturated rings. The fraction of sp³-hybridized carbons (Fsp3) is 0.304. The number of carbonyl (C=O) groups is 1. The van der Waals surface area contributed by atoms with Gasteiger partial charge in [-0.3, -0.25) is 9.30 Å². The van der Waals surface area contributed by atoms with Gasteiger partial charge in [0.2, 0.25) is 0 Å². The Kier molecular flexibility index (Phi) is 7.05. The van der Waals surface area contributed by atoms with Crippen molar-refractivity contribution in [3.63, 3.8) is 0 Å². The van der Waals surface area contributed by atoms with Gasteiger partial charge >= 0.3 is 5.97 Å². The van der Waals surface area contributed by atoms with E-state index in [2.05, 4.69) is 4.99 Å². The third-order valence-corrected chi connectivity index (χ3v) is 6.81. The van der Waals surface area contributed by atoms with E-state index >= 15 is 0 Å². The summed E-state index contributed by atoms with van der Waals surface area (Å²) in [6.07, 6.45) is 6.26. The van der Waals surface area contributed by atoms with Gasteiger partial charge in [-0.1, -0.05) is 54.1 Å². The van der Waals surface area contributed by atoms with Gasteiger partial charge in [-0.2, -0.15) is 0 Å². The van der Waals surface area contributed by atoms with E-state index in [0.29, 0.717) is 19.4 Å². The van der Waals surface area contributed by atoms with Crippen LogP contribution in [-0.2, 0) is 19.6 Å². The Morgan fingerprint density at radius 1 is 1.20 bits per heavy atom. The van der Waals surface area contributed by atoms with E-state index in [1.807, 2.05) is 43.3 Å². The number of nitrogens with zero attached hydrogens (tertiary/aromatic N) is 2. The van der Waals surface area contributed by atoms with E-state index in [9.17, 15) is 13.2 Å². The van der Waals surface area contributed by atoms with Crippen LogP contribution in [0, 0.1) is 12.8 Å². The van der Waals surface area contributed by atoms with Gasteiger partial charge in [0.25, 0.3) is 10.0 Å². The molecular weight excluding hydrogens is 400 g/mol. The van der Waals surface area contributed by atoms with Crippen LogP contribution in [0.2, 0.25) is 0 Å². The number of aliphatic imine (C=N–C) groups is 1. The Labute approximate surface area is 177 Å². The van der Waals surface area contributed by atoms with Crippen molar-refractivity contribution in [3.8, 4) is 0 Å². The lowest BCUT2D eigenvalue weighted by atomic mass is 10.0. The van der Waals surface area contributed by atoms with Gasteiger partial charge in [0, 0.05) is 19.0 Å². The van der Waals surface area contributed by atoms with Crippen LogP contribution >= 0.6 is 0 Å². The summed E-state index contributed by atoms with van der Waals surface area (Å²) in [6, 6.07) is 15.7. The molecule has 1 aliphatic rings. The van der Waals surface area contributed by atoms with Gasteiger partial charge in [-0.25, -0.2) is 13.2 Å². The standard InChI is InChI=1S/C23H26N2O4S/c1-18-8-11-21(12-9-18)30(27,28)25-15-14-20(17-25)10-13-22(23(26)29-2)24-16-19-6-4-3-5-7-19/h3-9,11-12,14-16,20,22H,10,13,17H2,1-2H3. The molecule has 158 valence electrons. The lowest BCUT2D eigenvalue weighted by Crippen LogP contribution is -2.27. The number of rotatable bonds is 8. The largest absolute Gasteiger partial charge is 0.467 e. The highest BCUT2D eigenvalue weighted by Crippen LogP contribution is 2.26. The van der Waals surface area contributed by atoms with Crippen molar-refractivity contribution >= 4 is 22.2 Å². The van der Waals surface area contributed by atoms with Crippen LogP contribution in [0.3, 0.4) is 0 Å². The number of aryl methyl sites for hydroxylation is 1. The molecule has 30 heavy (non-hydrogen) atoms. The molecule has 2 aromatic carbocycles. The van der Waals surface area contributed by atoms with Crippen molar-refractivity contribution in [1.29, 1.82) is 0 Å². The number of sulfonamides is 1. The molecule has 0 N–H and O–H groups in total. The predicted molar refractivity (Wildman–Crippen MR) is 117 cm³/mol. The van der Waals surface area contributed by atoms with Crippen LogP contribution in [0.1, 0.15) is 24.0 Å². The molecule has 0 saturated heterocycles. The smallest absolute Gasteiger partial charge is 0.330 e. The zero-order valence-corrected chi connectivity index (χ0v) is 18.0. The van der Waals surface area contributed by atoms with E-state index in [-0.39, 0.29) is 10.8 Å². The third kappa shape index (κ3) is 5.36. The number of carbonyl (C=O) groups excluding carboxylic acids is 1.